The van der Waals surface area contributed by atoms with Crippen LogP contribution in [-0.4, -0.2) is 38.4 Å². The Morgan fingerprint density at radius 3 is 2.53 bits per heavy atom. The molecular formula is C10H16N2O4S. The molecule has 1 aliphatic heterocycles. The van der Waals surface area contributed by atoms with Crippen LogP contribution in [0.1, 0.15) is 19.8 Å². The molecule has 6 nitrogen and oxygen atoms in total. The van der Waals surface area contributed by atoms with Gasteiger partial charge in [-0.1, -0.05) is 5.92 Å². The van der Waals surface area contributed by atoms with Crippen LogP contribution in [0, 0.1) is 17.8 Å². The van der Waals surface area contributed by atoms with Crippen LogP contribution in [0.4, 0.5) is 0 Å². The van der Waals surface area contributed by atoms with Crippen LogP contribution in [0.25, 0.3) is 0 Å². The molecule has 1 saturated heterocycles. The van der Waals surface area contributed by atoms with E-state index in [0.29, 0.717) is 32.5 Å². The largest absolute Gasteiger partial charge is 0.456 e. The van der Waals surface area contributed by atoms with Gasteiger partial charge in [0.2, 0.25) is 0 Å². The lowest BCUT2D eigenvalue weighted by molar-refractivity contribution is -0.136. The number of rotatable bonds is 2. The molecule has 0 spiro atoms. The Kier molecular flexibility index (Phi) is 4.93. The number of ether oxygens (including phenoxy) is 1. The highest BCUT2D eigenvalue weighted by molar-refractivity contribution is 7.86. The summed E-state index contributed by atoms with van der Waals surface area (Å²) >= 11 is 0. The fourth-order valence-electron chi connectivity index (χ4n) is 1.58. The van der Waals surface area contributed by atoms with Gasteiger partial charge in [0.25, 0.3) is 10.2 Å². The third-order valence-corrected chi connectivity index (χ3v) is 3.55. The predicted octanol–water partition coefficient (Wildman–Crippen LogP) is -0.532. The van der Waals surface area contributed by atoms with Crippen molar-refractivity contribution in [1.29, 1.82) is 0 Å². The third kappa shape index (κ3) is 4.73. The lowest BCUT2D eigenvalue weighted by atomic mass is 9.99. The quantitative estimate of drug-likeness (QED) is 0.410. The zero-order valence-electron chi connectivity index (χ0n) is 9.68. The first-order valence-electron chi connectivity index (χ1n) is 5.39. The van der Waals surface area contributed by atoms with E-state index in [4.69, 9.17) is 5.14 Å². The van der Waals surface area contributed by atoms with Crippen molar-refractivity contribution < 1.29 is 17.9 Å². The maximum absolute atomic E-state index is 11.0. The molecule has 7 heteroatoms. The first-order chi connectivity index (χ1) is 7.93. The predicted molar refractivity (Wildman–Crippen MR) is 61.8 cm³/mol. The second-order valence-electron chi connectivity index (χ2n) is 3.71. The smallest absolute Gasteiger partial charge is 0.384 e. The molecule has 1 heterocycles. The summed E-state index contributed by atoms with van der Waals surface area (Å²) in [6.07, 6.45) is 1.17. The first kappa shape index (κ1) is 14.0. The van der Waals surface area contributed by atoms with Gasteiger partial charge >= 0.3 is 5.97 Å². The topological polar surface area (TPSA) is 89.7 Å². The van der Waals surface area contributed by atoms with Crippen LogP contribution >= 0.6 is 0 Å². The Bertz CT molecular complexity index is 427. The van der Waals surface area contributed by atoms with E-state index in [2.05, 4.69) is 16.6 Å². The molecule has 0 atom stereocenters. The van der Waals surface area contributed by atoms with Gasteiger partial charge in [-0.3, -0.25) is 0 Å². The van der Waals surface area contributed by atoms with Crippen molar-refractivity contribution in [2.75, 3.05) is 19.7 Å². The van der Waals surface area contributed by atoms with Crippen molar-refractivity contribution in [2.24, 2.45) is 11.1 Å². The lowest BCUT2D eigenvalue weighted by Gasteiger charge is -2.26. The Labute approximate surface area is 101 Å². The van der Waals surface area contributed by atoms with Gasteiger partial charge in [0, 0.05) is 24.9 Å². The van der Waals surface area contributed by atoms with Gasteiger partial charge in [0.05, 0.1) is 6.61 Å². The number of esters is 1. The molecule has 0 aromatic rings. The van der Waals surface area contributed by atoms with Crippen LogP contribution in [-0.2, 0) is 19.7 Å². The number of piperidine rings is 1. The molecule has 0 aromatic carbocycles. The zero-order chi connectivity index (χ0) is 12.9. The van der Waals surface area contributed by atoms with Crippen LogP contribution in [0.2, 0.25) is 0 Å². The van der Waals surface area contributed by atoms with E-state index in [0.717, 1.165) is 0 Å². The van der Waals surface area contributed by atoms with Crippen molar-refractivity contribution in [2.45, 2.75) is 19.8 Å². The second kappa shape index (κ2) is 6.00. The summed E-state index contributed by atoms with van der Waals surface area (Å²) in [7, 11) is -3.60. The normalized spacial score (nSPS) is 18.2. The fourth-order valence-corrected chi connectivity index (χ4v) is 2.30. The maximum Gasteiger partial charge on any atom is 0.384 e. The molecule has 0 aliphatic carbocycles. The Balaban J connectivity index is 2.45. The molecule has 0 aromatic heterocycles. The van der Waals surface area contributed by atoms with E-state index < -0.39 is 16.2 Å². The molecule has 0 unspecified atom stereocenters. The van der Waals surface area contributed by atoms with Gasteiger partial charge in [0.15, 0.2) is 0 Å². The highest BCUT2D eigenvalue weighted by atomic mass is 32.2. The summed E-state index contributed by atoms with van der Waals surface area (Å²) < 4.78 is 28.0. The fraction of sp³-hybridized carbons (Fsp3) is 0.700. The molecule has 0 amide bonds. The van der Waals surface area contributed by atoms with E-state index in [1.54, 1.807) is 6.92 Å². The second-order valence-corrected chi connectivity index (χ2v) is 5.25. The summed E-state index contributed by atoms with van der Waals surface area (Å²) in [6.45, 7) is 2.71. The Morgan fingerprint density at radius 1 is 1.47 bits per heavy atom. The van der Waals surface area contributed by atoms with E-state index in [9.17, 15) is 13.2 Å². The van der Waals surface area contributed by atoms with Crippen molar-refractivity contribution in [3.8, 4) is 11.8 Å². The summed E-state index contributed by atoms with van der Waals surface area (Å²) in [5.74, 6) is 4.67. The number of carbonyl (C=O) groups excluding carboxylic acids is 1. The molecule has 17 heavy (non-hydrogen) atoms. The minimum absolute atomic E-state index is 0.0254. The highest BCUT2D eigenvalue weighted by Crippen LogP contribution is 2.17. The van der Waals surface area contributed by atoms with Crippen LogP contribution in [0.15, 0.2) is 0 Å². The Hall–Kier alpha value is -1.10. The van der Waals surface area contributed by atoms with Crippen molar-refractivity contribution in [3.63, 3.8) is 0 Å². The van der Waals surface area contributed by atoms with E-state index in [1.807, 2.05) is 0 Å². The van der Waals surface area contributed by atoms with Gasteiger partial charge in [-0.15, -0.1) is 0 Å². The minimum Gasteiger partial charge on any atom is -0.456 e. The van der Waals surface area contributed by atoms with Crippen molar-refractivity contribution in [1.82, 2.24) is 4.31 Å². The molecule has 0 saturated carbocycles. The molecule has 1 aliphatic rings. The average molecular weight is 260 g/mol. The van der Waals surface area contributed by atoms with Crippen molar-refractivity contribution in [3.05, 3.63) is 0 Å². The molecule has 2 N–H and O–H groups in total. The van der Waals surface area contributed by atoms with Gasteiger partial charge < -0.3 is 4.74 Å². The van der Waals surface area contributed by atoms with Gasteiger partial charge in [-0.25, -0.2) is 9.93 Å². The van der Waals surface area contributed by atoms with Crippen LogP contribution in [0.3, 0.4) is 0 Å². The van der Waals surface area contributed by atoms with Crippen molar-refractivity contribution >= 4 is 16.2 Å². The molecule has 96 valence electrons. The molecule has 0 bridgehead atoms. The van der Waals surface area contributed by atoms with E-state index in [-0.39, 0.29) is 5.92 Å². The SMILES string of the molecule is CCOC(=O)C#CC1CCN(S(N)(=O)=O)CC1. The molecule has 0 radical (unpaired) electrons. The number of carbonyl (C=O) groups is 1. The van der Waals surface area contributed by atoms with E-state index >= 15 is 0 Å². The third-order valence-electron chi connectivity index (χ3n) is 2.47. The number of hydrogen-bond donors (Lipinski definition) is 1. The van der Waals surface area contributed by atoms with Crippen LogP contribution < -0.4 is 5.14 Å². The first-order valence-corrected chi connectivity index (χ1v) is 6.90. The molecule has 1 rings (SSSR count). The zero-order valence-corrected chi connectivity index (χ0v) is 10.5. The standard InChI is InChI=1S/C10H16N2O4S/c1-2-16-10(13)4-3-9-5-7-12(8-6-9)17(11,14)15/h9H,2,5-8H2,1H3,(H2,11,14,15). The van der Waals surface area contributed by atoms with Gasteiger partial charge in [-0.2, -0.15) is 12.7 Å². The van der Waals surface area contributed by atoms with E-state index in [1.165, 1.54) is 4.31 Å². The summed E-state index contributed by atoms with van der Waals surface area (Å²) in [5, 5.41) is 5.01. The average Bonchev–Trinajstić information content (AvgIpc) is 2.26. The summed E-state index contributed by atoms with van der Waals surface area (Å²) in [5.41, 5.74) is 0. The number of nitrogens with zero attached hydrogens (tertiary/aromatic N) is 1. The van der Waals surface area contributed by atoms with Crippen LogP contribution in [0.5, 0.6) is 0 Å². The highest BCUT2D eigenvalue weighted by Gasteiger charge is 2.24. The number of hydrogen-bond acceptors (Lipinski definition) is 4. The summed E-state index contributed by atoms with van der Waals surface area (Å²) in [4.78, 5) is 11.0. The van der Waals surface area contributed by atoms with Gasteiger partial charge in [0.1, 0.15) is 0 Å². The molecular weight excluding hydrogens is 244 g/mol. The maximum atomic E-state index is 11.0. The Morgan fingerprint density at radius 2 is 2.06 bits per heavy atom. The number of nitrogens with two attached hydrogens (primary N) is 1. The minimum atomic E-state index is -3.60. The lowest BCUT2D eigenvalue weighted by Crippen LogP contribution is -2.42. The summed E-state index contributed by atoms with van der Waals surface area (Å²) in [6, 6.07) is 0. The monoisotopic (exact) mass is 260 g/mol. The van der Waals surface area contributed by atoms with Gasteiger partial charge in [-0.05, 0) is 19.8 Å². The molecule has 1 fully saturated rings.